The molecule has 0 unspecified atom stereocenters. The highest BCUT2D eigenvalue weighted by Gasteiger charge is 2.13. The number of hydrogen-bond donors (Lipinski definition) is 2. The van der Waals surface area contributed by atoms with Crippen LogP contribution in [0.5, 0.6) is 0 Å². The second-order valence-corrected chi connectivity index (χ2v) is 5.15. The number of carboxylic acids is 1. The molecule has 2 aromatic rings. The Morgan fingerprint density at radius 1 is 1.55 bits per heavy atom. The van der Waals surface area contributed by atoms with Gasteiger partial charge in [-0.3, -0.25) is 9.89 Å². The minimum absolute atomic E-state index is 0.140. The summed E-state index contributed by atoms with van der Waals surface area (Å²) in [5.74, 6) is -1.12. The molecule has 2 heterocycles. The van der Waals surface area contributed by atoms with Crippen LogP contribution in [0, 0.1) is 0 Å². The summed E-state index contributed by atoms with van der Waals surface area (Å²) >= 11 is 1.48. The predicted octanol–water partition coefficient (Wildman–Crippen LogP) is 1.84. The van der Waals surface area contributed by atoms with Crippen LogP contribution in [0.4, 0.5) is 0 Å². The third kappa shape index (κ3) is 3.55. The van der Waals surface area contributed by atoms with Gasteiger partial charge < -0.3 is 10.0 Å². The van der Waals surface area contributed by atoms with E-state index in [1.165, 1.54) is 23.6 Å². The van der Waals surface area contributed by atoms with Crippen molar-refractivity contribution < 1.29 is 14.7 Å². The van der Waals surface area contributed by atoms with Gasteiger partial charge in [-0.05, 0) is 29.2 Å². The molecule has 0 aliphatic carbocycles. The molecule has 0 aliphatic heterocycles. The molecule has 0 saturated carbocycles. The van der Waals surface area contributed by atoms with Crippen LogP contribution in [0.25, 0.3) is 6.08 Å². The Labute approximate surface area is 119 Å². The van der Waals surface area contributed by atoms with Crippen molar-refractivity contribution in [3.8, 4) is 0 Å². The van der Waals surface area contributed by atoms with Crippen LogP contribution in [0.3, 0.4) is 0 Å². The Balaban J connectivity index is 2.00. The number of aromatic amines is 1. The largest absolute Gasteiger partial charge is 0.478 e. The zero-order valence-electron chi connectivity index (χ0n) is 10.7. The van der Waals surface area contributed by atoms with Gasteiger partial charge in [-0.2, -0.15) is 5.10 Å². The summed E-state index contributed by atoms with van der Waals surface area (Å²) < 4.78 is 0. The molecule has 0 fully saturated rings. The molecule has 0 radical (unpaired) electrons. The van der Waals surface area contributed by atoms with Gasteiger partial charge in [-0.1, -0.05) is 0 Å². The molecule has 2 aromatic heterocycles. The first-order chi connectivity index (χ1) is 9.56. The number of carboxylic acid groups (broad SMARTS) is 1. The van der Waals surface area contributed by atoms with E-state index in [0.29, 0.717) is 12.2 Å². The van der Waals surface area contributed by atoms with Crippen molar-refractivity contribution in [1.29, 1.82) is 0 Å². The number of aromatic nitrogens is 2. The fourth-order valence-electron chi connectivity index (χ4n) is 1.62. The molecule has 2 N–H and O–H groups in total. The highest BCUT2D eigenvalue weighted by Crippen LogP contribution is 2.18. The smallest absolute Gasteiger partial charge is 0.328 e. The van der Waals surface area contributed by atoms with Gasteiger partial charge in [0.1, 0.15) is 5.69 Å². The summed E-state index contributed by atoms with van der Waals surface area (Å²) in [5, 5.41) is 16.8. The molecule has 0 saturated heterocycles. The van der Waals surface area contributed by atoms with E-state index in [1.54, 1.807) is 18.0 Å². The maximum Gasteiger partial charge on any atom is 0.328 e. The third-order valence-electron chi connectivity index (χ3n) is 2.56. The van der Waals surface area contributed by atoms with Gasteiger partial charge in [0.05, 0.1) is 6.54 Å². The van der Waals surface area contributed by atoms with E-state index in [2.05, 4.69) is 10.2 Å². The lowest BCUT2D eigenvalue weighted by molar-refractivity contribution is -0.131. The van der Waals surface area contributed by atoms with Crippen LogP contribution < -0.4 is 0 Å². The van der Waals surface area contributed by atoms with E-state index in [4.69, 9.17) is 5.11 Å². The number of carbonyl (C=O) groups is 2. The number of H-pyrrole nitrogens is 1. The predicted molar refractivity (Wildman–Crippen MR) is 75.4 cm³/mol. The summed E-state index contributed by atoms with van der Waals surface area (Å²) in [6, 6.07) is 3.48. The Kier molecular flexibility index (Phi) is 4.31. The summed E-state index contributed by atoms with van der Waals surface area (Å²) in [6.45, 7) is 0.462. The molecular weight excluding hydrogens is 278 g/mol. The molecule has 2 rings (SSSR count). The fraction of sp³-hybridized carbons (Fsp3) is 0.154. The van der Waals surface area contributed by atoms with Gasteiger partial charge in [0, 0.05) is 24.2 Å². The van der Waals surface area contributed by atoms with Crippen LogP contribution in [0.2, 0.25) is 0 Å². The minimum Gasteiger partial charge on any atom is -0.478 e. The van der Waals surface area contributed by atoms with Gasteiger partial charge in [0.25, 0.3) is 5.91 Å². The van der Waals surface area contributed by atoms with Crippen molar-refractivity contribution in [1.82, 2.24) is 15.1 Å². The molecule has 0 aromatic carbocycles. The number of rotatable bonds is 5. The Hall–Kier alpha value is -2.41. The highest BCUT2D eigenvalue weighted by atomic mass is 32.1. The number of nitrogens with zero attached hydrogens (tertiary/aromatic N) is 2. The number of hydrogen-bond acceptors (Lipinski definition) is 4. The number of nitrogens with one attached hydrogen (secondary N) is 1. The molecule has 6 nitrogen and oxygen atoms in total. The second kappa shape index (κ2) is 6.16. The van der Waals surface area contributed by atoms with Crippen molar-refractivity contribution in [3.05, 3.63) is 45.9 Å². The lowest BCUT2D eigenvalue weighted by Crippen LogP contribution is -2.26. The summed E-state index contributed by atoms with van der Waals surface area (Å²) in [7, 11) is 1.70. The van der Waals surface area contributed by atoms with Gasteiger partial charge in [0.2, 0.25) is 0 Å². The average Bonchev–Trinajstić information content (AvgIpc) is 3.06. The lowest BCUT2D eigenvalue weighted by atomic mass is 10.2. The fourth-order valence-corrected chi connectivity index (χ4v) is 2.53. The van der Waals surface area contributed by atoms with Crippen LogP contribution >= 0.6 is 11.3 Å². The summed E-state index contributed by atoms with van der Waals surface area (Å²) in [6.07, 6.45) is 4.14. The van der Waals surface area contributed by atoms with Gasteiger partial charge in [0.15, 0.2) is 0 Å². The molecule has 20 heavy (non-hydrogen) atoms. The van der Waals surface area contributed by atoms with Crippen LogP contribution in [0.15, 0.2) is 29.8 Å². The van der Waals surface area contributed by atoms with Gasteiger partial charge >= 0.3 is 5.97 Å². The van der Waals surface area contributed by atoms with Crippen molar-refractivity contribution >= 4 is 29.3 Å². The quantitative estimate of drug-likeness (QED) is 0.823. The second-order valence-electron chi connectivity index (χ2n) is 4.15. The monoisotopic (exact) mass is 291 g/mol. The molecular formula is C13H13N3O3S. The number of amides is 1. The Morgan fingerprint density at radius 3 is 3.00 bits per heavy atom. The van der Waals surface area contributed by atoms with Crippen molar-refractivity contribution in [2.75, 3.05) is 7.05 Å². The first-order valence-corrected chi connectivity index (χ1v) is 6.67. The van der Waals surface area contributed by atoms with Crippen molar-refractivity contribution in [3.63, 3.8) is 0 Å². The van der Waals surface area contributed by atoms with Crippen LogP contribution in [0.1, 0.15) is 20.9 Å². The topological polar surface area (TPSA) is 86.3 Å². The SMILES string of the molecule is CN(Cc1cc(C=CC(=O)O)cs1)C(=O)c1ccn[nH]1. The van der Waals surface area contributed by atoms with Crippen molar-refractivity contribution in [2.24, 2.45) is 0 Å². The van der Waals surface area contributed by atoms with E-state index in [-0.39, 0.29) is 5.91 Å². The molecule has 7 heteroatoms. The van der Waals surface area contributed by atoms with E-state index in [0.717, 1.165) is 16.5 Å². The maximum absolute atomic E-state index is 12.0. The van der Waals surface area contributed by atoms with Crippen molar-refractivity contribution in [2.45, 2.75) is 6.54 Å². The normalized spacial score (nSPS) is 10.8. The number of carbonyl (C=O) groups excluding carboxylic acids is 1. The Bertz CT molecular complexity index is 631. The first kappa shape index (κ1) is 14.0. The molecule has 0 spiro atoms. The van der Waals surface area contributed by atoms with E-state index >= 15 is 0 Å². The van der Waals surface area contributed by atoms with Gasteiger partial charge in [-0.25, -0.2) is 4.79 Å². The van der Waals surface area contributed by atoms with E-state index in [1.807, 2.05) is 11.4 Å². The van der Waals surface area contributed by atoms with Gasteiger partial charge in [-0.15, -0.1) is 11.3 Å². The number of aliphatic carboxylic acids is 1. The van der Waals surface area contributed by atoms with E-state index in [9.17, 15) is 9.59 Å². The molecule has 104 valence electrons. The average molecular weight is 291 g/mol. The summed E-state index contributed by atoms with van der Waals surface area (Å²) in [5.41, 5.74) is 1.25. The highest BCUT2D eigenvalue weighted by molar-refractivity contribution is 7.10. The van der Waals surface area contributed by atoms with E-state index < -0.39 is 5.97 Å². The summed E-state index contributed by atoms with van der Waals surface area (Å²) in [4.78, 5) is 25.0. The standard InChI is InChI=1S/C13H13N3O3S/c1-16(13(19)11-4-5-14-15-11)7-10-6-9(8-20-10)2-3-12(17)18/h2-6,8H,7H2,1H3,(H,14,15)(H,17,18). The van der Waals surface area contributed by atoms with Crippen LogP contribution in [-0.4, -0.2) is 39.1 Å². The van der Waals surface area contributed by atoms with Crippen LogP contribution in [-0.2, 0) is 11.3 Å². The third-order valence-corrected chi connectivity index (χ3v) is 3.50. The molecule has 1 amide bonds. The maximum atomic E-state index is 12.0. The zero-order chi connectivity index (χ0) is 14.5. The molecule has 0 bridgehead atoms. The molecule has 0 atom stereocenters. The number of thiophene rings is 1. The first-order valence-electron chi connectivity index (χ1n) is 5.79. The minimum atomic E-state index is -0.982. The zero-order valence-corrected chi connectivity index (χ0v) is 11.6. The molecule has 0 aliphatic rings. The Morgan fingerprint density at radius 2 is 2.35 bits per heavy atom. The lowest BCUT2D eigenvalue weighted by Gasteiger charge is -2.14.